The molecule has 0 atom stereocenters. The van der Waals surface area contributed by atoms with Crippen LogP contribution in [0.1, 0.15) is 11.1 Å². The second kappa shape index (κ2) is 10.0. The maximum absolute atomic E-state index is 11.9. The van der Waals surface area contributed by atoms with Gasteiger partial charge in [-0.1, -0.05) is 41.9 Å². The Morgan fingerprint density at radius 1 is 1.17 bits per heavy atom. The number of nitrogens with zero attached hydrogens (tertiary/aromatic N) is 2. The third-order valence-corrected chi connectivity index (χ3v) is 4.15. The van der Waals surface area contributed by atoms with Gasteiger partial charge in [-0.05, 0) is 18.2 Å². The molecule has 0 unspecified atom stereocenters. The van der Waals surface area contributed by atoms with Gasteiger partial charge in [0.2, 0.25) is 5.82 Å². The molecule has 0 aliphatic heterocycles. The van der Waals surface area contributed by atoms with Gasteiger partial charge in [-0.2, -0.15) is 5.10 Å². The SMILES string of the molecule is O=C(CNc1n[nH]c(=O)[nH]c1=O)N/N=C/c1ccccc1OCc1ccccc1Cl. The fourth-order valence-corrected chi connectivity index (χ4v) is 2.52. The van der Waals surface area contributed by atoms with Gasteiger partial charge in [0.15, 0.2) is 0 Å². The zero-order valence-corrected chi connectivity index (χ0v) is 16.3. The predicted octanol–water partition coefficient (Wildman–Crippen LogP) is 1.25. The molecule has 0 aliphatic rings. The number of carbonyl (C=O) groups excluding carboxylic acids is 1. The second-order valence-electron chi connectivity index (χ2n) is 5.92. The lowest BCUT2D eigenvalue weighted by Crippen LogP contribution is -2.31. The molecule has 10 nitrogen and oxygen atoms in total. The first-order valence-electron chi connectivity index (χ1n) is 8.73. The van der Waals surface area contributed by atoms with Gasteiger partial charge in [0.25, 0.3) is 11.5 Å². The van der Waals surface area contributed by atoms with E-state index in [1.807, 2.05) is 29.2 Å². The standard InChI is InChI=1S/C19H17ClN6O4/c20-14-7-3-1-6-13(14)11-30-15-8-4-2-5-12(15)9-22-24-16(27)10-21-17-18(28)23-19(29)26-25-17/h1-9H,10-11H2,(H,21,25)(H,24,27)(H2,23,26,28,29)/b22-9+. The number of benzene rings is 2. The second-order valence-corrected chi connectivity index (χ2v) is 6.33. The molecule has 1 amide bonds. The highest BCUT2D eigenvalue weighted by Crippen LogP contribution is 2.20. The fourth-order valence-electron chi connectivity index (χ4n) is 2.33. The molecule has 1 aromatic heterocycles. The van der Waals surface area contributed by atoms with Crippen molar-refractivity contribution in [2.24, 2.45) is 5.10 Å². The summed E-state index contributed by atoms with van der Waals surface area (Å²) in [4.78, 5) is 36.3. The van der Waals surface area contributed by atoms with E-state index in [4.69, 9.17) is 16.3 Å². The third-order valence-electron chi connectivity index (χ3n) is 3.78. The van der Waals surface area contributed by atoms with Crippen molar-refractivity contribution in [2.45, 2.75) is 6.61 Å². The predicted molar refractivity (Wildman–Crippen MR) is 112 cm³/mol. The average Bonchev–Trinajstić information content (AvgIpc) is 2.73. The van der Waals surface area contributed by atoms with E-state index in [1.165, 1.54) is 6.21 Å². The lowest BCUT2D eigenvalue weighted by molar-refractivity contribution is -0.119. The highest BCUT2D eigenvalue weighted by Gasteiger charge is 2.06. The van der Waals surface area contributed by atoms with Crippen LogP contribution in [-0.2, 0) is 11.4 Å². The van der Waals surface area contributed by atoms with Gasteiger partial charge in [0, 0.05) is 16.1 Å². The maximum Gasteiger partial charge on any atom is 0.342 e. The molecule has 154 valence electrons. The summed E-state index contributed by atoms with van der Waals surface area (Å²) in [6.45, 7) is 0.00559. The first-order valence-corrected chi connectivity index (χ1v) is 9.11. The van der Waals surface area contributed by atoms with Crippen LogP contribution in [0, 0.1) is 0 Å². The minimum Gasteiger partial charge on any atom is -0.488 e. The van der Waals surface area contributed by atoms with E-state index in [0.29, 0.717) is 16.3 Å². The quantitative estimate of drug-likeness (QED) is 0.314. The number of nitrogens with one attached hydrogen (secondary N) is 4. The van der Waals surface area contributed by atoms with Crippen LogP contribution >= 0.6 is 11.6 Å². The molecule has 0 bridgehead atoms. The zero-order chi connectivity index (χ0) is 21.3. The molecule has 0 aliphatic carbocycles. The molecular weight excluding hydrogens is 412 g/mol. The number of amides is 1. The Bertz CT molecular complexity index is 1170. The Balaban J connectivity index is 1.55. The van der Waals surface area contributed by atoms with Crippen molar-refractivity contribution in [3.05, 3.63) is 85.5 Å². The van der Waals surface area contributed by atoms with E-state index in [0.717, 1.165) is 5.56 Å². The summed E-state index contributed by atoms with van der Waals surface area (Å²) in [5.41, 5.74) is 2.34. The summed E-state index contributed by atoms with van der Waals surface area (Å²) in [6, 6.07) is 14.5. The van der Waals surface area contributed by atoms with E-state index in [9.17, 15) is 14.4 Å². The number of hydrazone groups is 1. The number of hydrogen-bond acceptors (Lipinski definition) is 7. The van der Waals surface area contributed by atoms with Gasteiger partial charge in [-0.25, -0.2) is 15.3 Å². The van der Waals surface area contributed by atoms with Crippen LogP contribution in [0.3, 0.4) is 0 Å². The molecule has 3 rings (SSSR count). The third kappa shape index (κ3) is 5.79. The van der Waals surface area contributed by atoms with Crippen LogP contribution in [-0.4, -0.2) is 33.8 Å². The largest absolute Gasteiger partial charge is 0.488 e. The minimum atomic E-state index is -0.741. The number of rotatable bonds is 8. The van der Waals surface area contributed by atoms with Crippen LogP contribution in [0.25, 0.3) is 0 Å². The highest BCUT2D eigenvalue weighted by molar-refractivity contribution is 6.31. The molecule has 2 aromatic carbocycles. The van der Waals surface area contributed by atoms with E-state index in [2.05, 4.69) is 26.0 Å². The van der Waals surface area contributed by atoms with Gasteiger partial charge >= 0.3 is 5.69 Å². The number of hydrogen-bond donors (Lipinski definition) is 4. The molecule has 0 fully saturated rings. The summed E-state index contributed by atoms with van der Waals surface area (Å²) in [5.74, 6) is -0.141. The first kappa shape index (κ1) is 20.8. The summed E-state index contributed by atoms with van der Waals surface area (Å²) in [7, 11) is 0. The molecule has 4 N–H and O–H groups in total. The first-order chi connectivity index (χ1) is 14.5. The minimum absolute atomic E-state index is 0.188. The van der Waals surface area contributed by atoms with Gasteiger partial charge < -0.3 is 10.1 Å². The number of ether oxygens (including phenoxy) is 1. The normalized spacial score (nSPS) is 10.7. The monoisotopic (exact) mass is 428 g/mol. The highest BCUT2D eigenvalue weighted by atomic mass is 35.5. The molecule has 3 aromatic rings. The molecule has 0 spiro atoms. The Hall–Kier alpha value is -3.92. The van der Waals surface area contributed by atoms with Crippen LogP contribution < -0.4 is 26.7 Å². The van der Waals surface area contributed by atoms with Gasteiger partial charge in [0.1, 0.15) is 12.4 Å². The topological polar surface area (TPSA) is 141 Å². The van der Waals surface area contributed by atoms with E-state index >= 15 is 0 Å². The van der Waals surface area contributed by atoms with Crippen LogP contribution in [0.2, 0.25) is 5.02 Å². The lowest BCUT2D eigenvalue weighted by Gasteiger charge is -2.10. The van der Waals surface area contributed by atoms with Crippen LogP contribution in [0.4, 0.5) is 5.82 Å². The zero-order valence-electron chi connectivity index (χ0n) is 15.5. The van der Waals surface area contributed by atoms with E-state index < -0.39 is 17.2 Å². The molecule has 0 saturated carbocycles. The van der Waals surface area contributed by atoms with Crippen molar-refractivity contribution >= 4 is 29.5 Å². The smallest absolute Gasteiger partial charge is 0.342 e. The molecular formula is C19H17ClN6O4. The van der Waals surface area contributed by atoms with E-state index in [-0.39, 0.29) is 19.0 Å². The van der Waals surface area contributed by atoms with Crippen molar-refractivity contribution in [2.75, 3.05) is 11.9 Å². The number of halogens is 1. The summed E-state index contributed by atoms with van der Waals surface area (Å²) in [6.07, 6.45) is 1.44. The van der Waals surface area contributed by atoms with Crippen LogP contribution in [0.15, 0.2) is 63.2 Å². The fraction of sp³-hybridized carbons (Fsp3) is 0.105. The molecule has 30 heavy (non-hydrogen) atoms. The van der Waals surface area contributed by atoms with Crippen molar-refractivity contribution in [1.29, 1.82) is 0 Å². The Morgan fingerprint density at radius 3 is 2.73 bits per heavy atom. The van der Waals surface area contributed by atoms with Crippen molar-refractivity contribution < 1.29 is 9.53 Å². The Kier molecular flexibility index (Phi) is 6.95. The number of aromatic amines is 2. The Morgan fingerprint density at radius 2 is 1.93 bits per heavy atom. The average molecular weight is 429 g/mol. The lowest BCUT2D eigenvalue weighted by atomic mass is 10.2. The number of H-pyrrole nitrogens is 2. The van der Waals surface area contributed by atoms with E-state index in [1.54, 1.807) is 24.3 Å². The Labute approximate surface area is 174 Å². The van der Waals surface area contributed by atoms with Crippen LogP contribution in [0.5, 0.6) is 5.75 Å². The van der Waals surface area contributed by atoms with Crippen molar-refractivity contribution in [3.63, 3.8) is 0 Å². The number of para-hydroxylation sites is 1. The molecule has 11 heteroatoms. The van der Waals surface area contributed by atoms with Gasteiger partial charge in [-0.15, -0.1) is 5.10 Å². The van der Waals surface area contributed by atoms with Crippen molar-refractivity contribution in [1.82, 2.24) is 20.6 Å². The van der Waals surface area contributed by atoms with Gasteiger partial charge in [0.05, 0.1) is 12.8 Å². The molecule has 0 radical (unpaired) electrons. The summed E-state index contributed by atoms with van der Waals surface area (Å²) < 4.78 is 5.81. The number of carbonyl (C=O) groups is 1. The van der Waals surface area contributed by atoms with Gasteiger partial charge in [-0.3, -0.25) is 14.6 Å². The molecule has 0 saturated heterocycles. The number of anilines is 1. The summed E-state index contributed by atoms with van der Waals surface area (Å²) in [5, 5.41) is 12.6. The summed E-state index contributed by atoms with van der Waals surface area (Å²) >= 11 is 6.14. The maximum atomic E-state index is 11.9. The van der Waals surface area contributed by atoms with Crippen molar-refractivity contribution in [3.8, 4) is 5.75 Å². The number of aromatic nitrogens is 3. The molecule has 1 heterocycles.